The van der Waals surface area contributed by atoms with Gasteiger partial charge in [0.15, 0.2) is 11.6 Å². The molecule has 7 nitrogen and oxygen atoms in total. The van der Waals surface area contributed by atoms with Crippen molar-refractivity contribution in [2.24, 2.45) is 0 Å². The van der Waals surface area contributed by atoms with Gasteiger partial charge in [-0.25, -0.2) is 18.5 Å². The Hall–Kier alpha value is -3.10. The Labute approximate surface area is 160 Å². The van der Waals surface area contributed by atoms with Gasteiger partial charge in [-0.15, -0.1) is 0 Å². The first-order valence-corrected chi connectivity index (χ1v) is 8.97. The van der Waals surface area contributed by atoms with Gasteiger partial charge in [0.05, 0.1) is 0 Å². The molecule has 1 aromatic carbocycles. The molecule has 1 aliphatic heterocycles. The van der Waals surface area contributed by atoms with Gasteiger partial charge in [-0.2, -0.15) is 0 Å². The van der Waals surface area contributed by atoms with Crippen molar-refractivity contribution in [3.8, 4) is 0 Å². The van der Waals surface area contributed by atoms with Crippen LogP contribution in [0.4, 0.5) is 19.3 Å². The Morgan fingerprint density at radius 3 is 2.46 bits per heavy atom. The molecular weight excluding hydrogens is 372 g/mol. The summed E-state index contributed by atoms with van der Waals surface area (Å²) in [4.78, 5) is 50.0. The highest BCUT2D eigenvalue weighted by Crippen LogP contribution is 2.22. The Morgan fingerprint density at radius 2 is 1.79 bits per heavy atom. The fourth-order valence-corrected chi connectivity index (χ4v) is 3.19. The van der Waals surface area contributed by atoms with Crippen molar-refractivity contribution < 1.29 is 28.0 Å². The summed E-state index contributed by atoms with van der Waals surface area (Å²) in [5.41, 5.74) is 1.12. The molecular formula is C19H19F2N3O4. The van der Waals surface area contributed by atoms with Crippen LogP contribution in [-0.4, -0.2) is 46.6 Å². The lowest BCUT2D eigenvalue weighted by atomic mass is 9.97. The van der Waals surface area contributed by atoms with Gasteiger partial charge in [0, 0.05) is 18.3 Å². The Balaban J connectivity index is 1.60. The first kappa shape index (κ1) is 19.7. The molecule has 0 atom stereocenters. The van der Waals surface area contributed by atoms with Crippen LogP contribution in [0.15, 0.2) is 29.8 Å². The Kier molecular flexibility index (Phi) is 5.81. The number of rotatable bonds is 6. The number of anilines is 1. The van der Waals surface area contributed by atoms with E-state index in [-0.39, 0.29) is 12.2 Å². The van der Waals surface area contributed by atoms with Crippen molar-refractivity contribution in [1.29, 1.82) is 0 Å². The molecule has 5 amide bonds. The quantitative estimate of drug-likeness (QED) is 0.459. The van der Waals surface area contributed by atoms with E-state index in [1.165, 1.54) is 0 Å². The van der Waals surface area contributed by atoms with Crippen molar-refractivity contribution in [2.75, 3.05) is 18.4 Å². The molecule has 1 saturated heterocycles. The highest BCUT2D eigenvalue weighted by molar-refractivity contribution is 6.45. The second kappa shape index (κ2) is 8.28. The molecule has 3 rings (SSSR count). The highest BCUT2D eigenvalue weighted by atomic mass is 19.2. The lowest BCUT2D eigenvalue weighted by Gasteiger charge is -2.17. The fourth-order valence-electron chi connectivity index (χ4n) is 3.19. The summed E-state index contributed by atoms with van der Waals surface area (Å²) in [6, 6.07) is 1.89. The predicted molar refractivity (Wildman–Crippen MR) is 95.0 cm³/mol. The number of allylic oxidation sites excluding steroid dienone is 1. The van der Waals surface area contributed by atoms with Gasteiger partial charge in [0.1, 0.15) is 6.54 Å². The lowest BCUT2D eigenvalue weighted by molar-refractivity contribution is -0.143. The molecule has 0 aromatic heterocycles. The zero-order chi connectivity index (χ0) is 20.3. The number of carbonyl (C=O) groups is 4. The van der Waals surface area contributed by atoms with Gasteiger partial charge in [-0.3, -0.25) is 19.3 Å². The van der Waals surface area contributed by atoms with Crippen molar-refractivity contribution in [2.45, 2.75) is 32.1 Å². The standard InChI is InChI=1S/C19H19F2N3O4/c20-14-7-6-13(10-15(14)21)22-16(25)11-24-18(27)17(26)23(19(24)28)9-8-12-4-2-1-3-5-12/h4,6-7,10H,1-3,5,8-9,11H2,(H,22,25). The van der Waals surface area contributed by atoms with Gasteiger partial charge < -0.3 is 5.32 Å². The van der Waals surface area contributed by atoms with E-state index in [0.29, 0.717) is 11.3 Å². The number of halogens is 2. The number of urea groups is 1. The molecule has 1 aliphatic carbocycles. The van der Waals surface area contributed by atoms with E-state index >= 15 is 0 Å². The topological polar surface area (TPSA) is 86.8 Å². The van der Waals surface area contributed by atoms with Crippen LogP contribution >= 0.6 is 0 Å². The average Bonchev–Trinajstić information content (AvgIpc) is 2.87. The van der Waals surface area contributed by atoms with Gasteiger partial charge in [-0.1, -0.05) is 11.6 Å². The maximum absolute atomic E-state index is 13.2. The van der Waals surface area contributed by atoms with Gasteiger partial charge in [0.25, 0.3) is 0 Å². The van der Waals surface area contributed by atoms with Crippen LogP contribution in [0.5, 0.6) is 0 Å². The summed E-state index contributed by atoms with van der Waals surface area (Å²) in [5.74, 6) is -5.08. The van der Waals surface area contributed by atoms with E-state index in [0.717, 1.165) is 54.4 Å². The smallest absolute Gasteiger partial charge is 0.324 e. The van der Waals surface area contributed by atoms with E-state index in [2.05, 4.69) is 11.4 Å². The lowest BCUT2D eigenvalue weighted by Crippen LogP contribution is -2.39. The third-order valence-electron chi connectivity index (χ3n) is 4.68. The number of hydrogen-bond acceptors (Lipinski definition) is 4. The van der Waals surface area contributed by atoms with E-state index in [4.69, 9.17) is 0 Å². The minimum absolute atomic E-state index is 0.0320. The van der Waals surface area contributed by atoms with Crippen molar-refractivity contribution in [1.82, 2.24) is 9.80 Å². The molecule has 1 fully saturated rings. The highest BCUT2D eigenvalue weighted by Gasteiger charge is 2.44. The largest absolute Gasteiger partial charge is 0.334 e. The zero-order valence-electron chi connectivity index (χ0n) is 15.0. The predicted octanol–water partition coefficient (Wildman–Crippen LogP) is 2.58. The molecule has 1 aromatic rings. The summed E-state index contributed by atoms with van der Waals surface area (Å²) in [6.45, 7) is -0.613. The molecule has 2 aliphatic rings. The third-order valence-corrected chi connectivity index (χ3v) is 4.68. The van der Waals surface area contributed by atoms with Crippen LogP contribution < -0.4 is 5.32 Å². The van der Waals surface area contributed by atoms with E-state index < -0.39 is 41.9 Å². The van der Waals surface area contributed by atoms with Gasteiger partial charge in [-0.05, 0) is 44.2 Å². The number of nitrogens with one attached hydrogen (secondary N) is 1. The number of amides is 5. The molecule has 0 saturated carbocycles. The minimum Gasteiger partial charge on any atom is -0.324 e. The summed E-state index contributed by atoms with van der Waals surface area (Å²) in [7, 11) is 0. The molecule has 9 heteroatoms. The summed E-state index contributed by atoms with van der Waals surface area (Å²) < 4.78 is 26.1. The van der Waals surface area contributed by atoms with Crippen LogP contribution in [-0.2, 0) is 14.4 Å². The van der Waals surface area contributed by atoms with E-state index in [1.54, 1.807) is 0 Å². The number of benzene rings is 1. The first-order chi connectivity index (χ1) is 13.4. The fraction of sp³-hybridized carbons (Fsp3) is 0.368. The SMILES string of the molecule is O=C(CN1C(=O)C(=O)N(CCC2=CCCCC2)C1=O)Nc1ccc(F)c(F)c1. The number of carbonyl (C=O) groups excluding carboxylic acids is 4. The van der Waals surface area contributed by atoms with Crippen LogP contribution in [0.3, 0.4) is 0 Å². The van der Waals surface area contributed by atoms with Crippen LogP contribution in [0.2, 0.25) is 0 Å². The minimum atomic E-state index is -1.15. The van der Waals surface area contributed by atoms with Crippen LogP contribution in [0.25, 0.3) is 0 Å². The molecule has 0 radical (unpaired) electrons. The molecule has 0 spiro atoms. The first-order valence-electron chi connectivity index (χ1n) is 8.97. The maximum Gasteiger partial charge on any atom is 0.334 e. The number of nitrogens with zero attached hydrogens (tertiary/aromatic N) is 2. The van der Waals surface area contributed by atoms with E-state index in [9.17, 15) is 28.0 Å². The molecule has 1 heterocycles. The van der Waals surface area contributed by atoms with Crippen LogP contribution in [0.1, 0.15) is 32.1 Å². The third kappa shape index (κ3) is 4.24. The molecule has 1 N–H and O–H groups in total. The Bertz CT molecular complexity index is 869. The van der Waals surface area contributed by atoms with Crippen molar-refractivity contribution in [3.05, 3.63) is 41.5 Å². The molecule has 0 unspecified atom stereocenters. The average molecular weight is 391 g/mol. The molecule has 0 bridgehead atoms. The summed E-state index contributed by atoms with van der Waals surface area (Å²) >= 11 is 0. The van der Waals surface area contributed by atoms with Crippen LogP contribution in [0, 0.1) is 11.6 Å². The van der Waals surface area contributed by atoms with Gasteiger partial charge >= 0.3 is 17.8 Å². The maximum atomic E-state index is 13.2. The number of hydrogen-bond donors (Lipinski definition) is 1. The zero-order valence-corrected chi connectivity index (χ0v) is 15.0. The summed E-state index contributed by atoms with van der Waals surface area (Å²) in [6.07, 6.45) is 6.63. The molecule has 148 valence electrons. The normalized spacial score (nSPS) is 17.2. The van der Waals surface area contributed by atoms with Crippen molar-refractivity contribution >= 4 is 29.4 Å². The second-order valence-electron chi connectivity index (χ2n) is 6.67. The molecule has 28 heavy (non-hydrogen) atoms. The Morgan fingerprint density at radius 1 is 1.04 bits per heavy atom. The van der Waals surface area contributed by atoms with Gasteiger partial charge in [0.2, 0.25) is 5.91 Å². The van der Waals surface area contributed by atoms with E-state index in [1.807, 2.05) is 0 Å². The monoisotopic (exact) mass is 391 g/mol. The summed E-state index contributed by atoms with van der Waals surface area (Å²) in [5, 5.41) is 2.26. The van der Waals surface area contributed by atoms with Crippen molar-refractivity contribution in [3.63, 3.8) is 0 Å². The number of imide groups is 2. The second-order valence-corrected chi connectivity index (χ2v) is 6.67.